The number of benzene rings is 2. The van der Waals surface area contributed by atoms with E-state index in [2.05, 4.69) is 5.32 Å². The molecule has 3 nitrogen and oxygen atoms in total. The SMILES string of the molecule is Cc1occc1-c1ccc(CCNC(=O)c2ccccc2C(F)(F)F)cc1. The molecule has 3 rings (SSSR count). The first-order valence-corrected chi connectivity index (χ1v) is 8.44. The number of carbonyl (C=O) groups is 1. The summed E-state index contributed by atoms with van der Waals surface area (Å²) in [5, 5.41) is 2.56. The largest absolute Gasteiger partial charge is 0.469 e. The Bertz CT molecular complexity index is 927. The molecule has 27 heavy (non-hydrogen) atoms. The van der Waals surface area contributed by atoms with Crippen molar-refractivity contribution in [2.24, 2.45) is 0 Å². The van der Waals surface area contributed by atoms with Crippen molar-refractivity contribution >= 4 is 5.91 Å². The molecule has 0 atom stereocenters. The molecule has 0 unspecified atom stereocenters. The van der Waals surface area contributed by atoms with Gasteiger partial charge in [-0.25, -0.2) is 0 Å². The molecule has 1 amide bonds. The molecule has 3 aromatic rings. The Morgan fingerprint density at radius 3 is 2.37 bits per heavy atom. The fraction of sp³-hybridized carbons (Fsp3) is 0.190. The number of hydrogen-bond acceptors (Lipinski definition) is 2. The fourth-order valence-electron chi connectivity index (χ4n) is 2.88. The Morgan fingerprint density at radius 1 is 1.04 bits per heavy atom. The van der Waals surface area contributed by atoms with Crippen molar-refractivity contribution in [3.63, 3.8) is 0 Å². The Labute approximate surface area is 154 Å². The minimum absolute atomic E-state index is 0.245. The van der Waals surface area contributed by atoms with Gasteiger partial charge in [0.25, 0.3) is 5.91 Å². The van der Waals surface area contributed by atoms with Crippen LogP contribution in [-0.2, 0) is 12.6 Å². The number of alkyl halides is 3. The first kappa shape index (κ1) is 18.8. The molecular formula is C21H18F3NO2. The van der Waals surface area contributed by atoms with E-state index in [0.717, 1.165) is 28.5 Å². The van der Waals surface area contributed by atoms with Crippen LogP contribution in [0.1, 0.15) is 27.2 Å². The van der Waals surface area contributed by atoms with E-state index in [9.17, 15) is 18.0 Å². The van der Waals surface area contributed by atoms with Crippen LogP contribution in [0.2, 0.25) is 0 Å². The maximum Gasteiger partial charge on any atom is 0.417 e. The third kappa shape index (κ3) is 4.39. The fourth-order valence-corrected chi connectivity index (χ4v) is 2.88. The Hall–Kier alpha value is -3.02. The molecule has 0 bridgehead atoms. The number of aryl methyl sites for hydroxylation is 1. The lowest BCUT2D eigenvalue weighted by Gasteiger charge is -2.12. The van der Waals surface area contributed by atoms with Crippen molar-refractivity contribution in [3.05, 3.63) is 83.3 Å². The smallest absolute Gasteiger partial charge is 0.417 e. The van der Waals surface area contributed by atoms with Crippen LogP contribution < -0.4 is 5.32 Å². The second kappa shape index (κ2) is 7.70. The van der Waals surface area contributed by atoms with Crippen molar-refractivity contribution in [2.45, 2.75) is 19.5 Å². The lowest BCUT2D eigenvalue weighted by atomic mass is 10.0. The second-order valence-electron chi connectivity index (χ2n) is 6.14. The molecule has 0 aliphatic carbocycles. The van der Waals surface area contributed by atoms with Gasteiger partial charge in [-0.3, -0.25) is 4.79 Å². The zero-order chi connectivity index (χ0) is 19.4. The number of carbonyl (C=O) groups excluding carboxylic acids is 1. The average molecular weight is 373 g/mol. The van der Waals surface area contributed by atoms with Gasteiger partial charge in [-0.2, -0.15) is 13.2 Å². The third-order valence-electron chi connectivity index (χ3n) is 4.30. The second-order valence-corrected chi connectivity index (χ2v) is 6.14. The highest BCUT2D eigenvalue weighted by molar-refractivity contribution is 5.95. The lowest BCUT2D eigenvalue weighted by Crippen LogP contribution is -2.28. The molecule has 2 aromatic carbocycles. The van der Waals surface area contributed by atoms with Gasteiger partial charge in [-0.1, -0.05) is 36.4 Å². The molecule has 0 aliphatic rings. The van der Waals surface area contributed by atoms with Crippen molar-refractivity contribution in [2.75, 3.05) is 6.54 Å². The van der Waals surface area contributed by atoms with E-state index < -0.39 is 17.6 Å². The number of halogens is 3. The summed E-state index contributed by atoms with van der Waals surface area (Å²) < 4.78 is 44.3. The molecule has 0 spiro atoms. The van der Waals surface area contributed by atoms with Crippen LogP contribution in [0, 0.1) is 6.92 Å². The van der Waals surface area contributed by atoms with Gasteiger partial charge in [0.1, 0.15) is 5.76 Å². The van der Waals surface area contributed by atoms with Gasteiger partial charge in [0.05, 0.1) is 17.4 Å². The van der Waals surface area contributed by atoms with Crippen molar-refractivity contribution in [3.8, 4) is 11.1 Å². The van der Waals surface area contributed by atoms with Gasteiger partial charge in [-0.05, 0) is 42.7 Å². The maximum atomic E-state index is 13.0. The molecule has 140 valence electrons. The van der Waals surface area contributed by atoms with Gasteiger partial charge < -0.3 is 9.73 Å². The topological polar surface area (TPSA) is 42.2 Å². The molecule has 0 saturated heterocycles. The summed E-state index contributed by atoms with van der Waals surface area (Å²) in [7, 11) is 0. The van der Waals surface area contributed by atoms with E-state index in [1.807, 2.05) is 37.3 Å². The standard InChI is InChI=1S/C21H18F3NO2/c1-14-17(11-13-27-14)16-8-6-15(7-9-16)10-12-25-20(26)18-4-2-3-5-19(18)21(22,23)24/h2-9,11,13H,10,12H2,1H3,(H,25,26). The first-order chi connectivity index (χ1) is 12.9. The monoisotopic (exact) mass is 373 g/mol. The Morgan fingerprint density at radius 2 is 1.74 bits per heavy atom. The summed E-state index contributed by atoms with van der Waals surface area (Å²) in [5.74, 6) is 0.104. The van der Waals surface area contributed by atoms with Crippen LogP contribution in [0.15, 0.2) is 65.3 Å². The lowest BCUT2D eigenvalue weighted by molar-refractivity contribution is -0.137. The number of nitrogens with one attached hydrogen (secondary N) is 1. The minimum atomic E-state index is -4.56. The summed E-state index contributed by atoms with van der Waals surface area (Å²) in [4.78, 5) is 12.1. The molecule has 0 radical (unpaired) electrons. The van der Waals surface area contributed by atoms with E-state index in [0.29, 0.717) is 6.42 Å². The predicted octanol–water partition coefficient (Wildman–Crippen LogP) is 5.25. The normalized spacial score (nSPS) is 11.4. The van der Waals surface area contributed by atoms with E-state index in [4.69, 9.17) is 4.42 Å². The van der Waals surface area contributed by atoms with Crippen molar-refractivity contribution in [1.82, 2.24) is 5.32 Å². The number of hydrogen-bond donors (Lipinski definition) is 1. The summed E-state index contributed by atoms with van der Waals surface area (Å²) in [5.41, 5.74) is 1.72. The van der Waals surface area contributed by atoms with E-state index in [-0.39, 0.29) is 12.1 Å². The number of rotatable bonds is 5. The highest BCUT2D eigenvalue weighted by Gasteiger charge is 2.34. The van der Waals surface area contributed by atoms with Gasteiger partial charge in [0.15, 0.2) is 0 Å². The van der Waals surface area contributed by atoms with Gasteiger partial charge in [0, 0.05) is 12.1 Å². The van der Waals surface area contributed by atoms with Gasteiger partial charge in [-0.15, -0.1) is 0 Å². The molecule has 1 N–H and O–H groups in total. The van der Waals surface area contributed by atoms with Crippen LogP contribution in [0.4, 0.5) is 13.2 Å². The molecular weight excluding hydrogens is 355 g/mol. The number of amides is 1. The highest BCUT2D eigenvalue weighted by atomic mass is 19.4. The van der Waals surface area contributed by atoms with E-state index in [1.54, 1.807) is 6.26 Å². The van der Waals surface area contributed by atoms with Gasteiger partial charge in [0.2, 0.25) is 0 Å². The average Bonchev–Trinajstić information content (AvgIpc) is 3.07. The molecule has 6 heteroatoms. The minimum Gasteiger partial charge on any atom is -0.469 e. The predicted molar refractivity (Wildman–Crippen MR) is 96.4 cm³/mol. The van der Waals surface area contributed by atoms with E-state index in [1.165, 1.54) is 18.2 Å². The van der Waals surface area contributed by atoms with Crippen LogP contribution in [0.25, 0.3) is 11.1 Å². The Balaban J connectivity index is 1.61. The van der Waals surface area contributed by atoms with Crippen molar-refractivity contribution < 1.29 is 22.4 Å². The highest BCUT2D eigenvalue weighted by Crippen LogP contribution is 2.31. The molecule has 1 aromatic heterocycles. The van der Waals surface area contributed by atoms with Crippen LogP contribution in [0.5, 0.6) is 0 Å². The van der Waals surface area contributed by atoms with E-state index >= 15 is 0 Å². The van der Waals surface area contributed by atoms with Crippen molar-refractivity contribution in [1.29, 1.82) is 0 Å². The molecule has 0 aliphatic heterocycles. The quantitative estimate of drug-likeness (QED) is 0.664. The molecule has 0 saturated carbocycles. The molecule has 0 fully saturated rings. The Kier molecular flexibility index (Phi) is 5.35. The summed E-state index contributed by atoms with van der Waals surface area (Å²) in [6, 6.07) is 14.4. The van der Waals surface area contributed by atoms with Crippen LogP contribution >= 0.6 is 0 Å². The number of furan rings is 1. The van der Waals surface area contributed by atoms with Gasteiger partial charge >= 0.3 is 6.18 Å². The molecule has 1 heterocycles. The maximum absolute atomic E-state index is 13.0. The zero-order valence-electron chi connectivity index (χ0n) is 14.6. The summed E-state index contributed by atoms with van der Waals surface area (Å²) in [6.45, 7) is 2.13. The van der Waals surface area contributed by atoms with Crippen LogP contribution in [0.3, 0.4) is 0 Å². The summed E-state index contributed by atoms with van der Waals surface area (Å²) in [6.07, 6.45) is -2.41. The first-order valence-electron chi connectivity index (χ1n) is 8.44. The third-order valence-corrected chi connectivity index (χ3v) is 4.30. The zero-order valence-corrected chi connectivity index (χ0v) is 14.6. The van der Waals surface area contributed by atoms with Crippen LogP contribution in [-0.4, -0.2) is 12.5 Å². The summed E-state index contributed by atoms with van der Waals surface area (Å²) >= 11 is 0.